The van der Waals surface area contributed by atoms with Crippen molar-refractivity contribution >= 4 is 50.9 Å². The summed E-state index contributed by atoms with van der Waals surface area (Å²) in [5, 5.41) is 10.6. The van der Waals surface area contributed by atoms with Gasteiger partial charge in [-0.05, 0) is 56.7 Å². The molecule has 0 aliphatic carbocycles. The minimum atomic E-state index is -0.733. The second-order valence-corrected chi connectivity index (χ2v) is 9.96. The van der Waals surface area contributed by atoms with E-state index in [1.54, 1.807) is 44.2 Å². The molecule has 4 rings (SSSR count). The van der Waals surface area contributed by atoms with Crippen LogP contribution in [0.3, 0.4) is 0 Å². The van der Waals surface area contributed by atoms with Crippen LogP contribution in [0.5, 0.6) is 11.5 Å². The van der Waals surface area contributed by atoms with Crippen LogP contribution in [0.15, 0.2) is 61.9 Å². The maximum absolute atomic E-state index is 13.6. The zero-order valence-corrected chi connectivity index (χ0v) is 22.3. The average Bonchev–Trinajstić information content (AvgIpc) is 3.11. The molecule has 1 N–H and O–H groups in total. The van der Waals surface area contributed by atoms with Crippen molar-refractivity contribution in [3.8, 4) is 11.5 Å². The van der Waals surface area contributed by atoms with Crippen molar-refractivity contribution in [3.05, 3.63) is 88.0 Å². The monoisotopic (exact) mass is 576 g/mol. The van der Waals surface area contributed by atoms with E-state index in [1.165, 1.54) is 15.9 Å². The largest absolute Gasteiger partial charge is 0.506 e. The number of halogens is 2. The van der Waals surface area contributed by atoms with Crippen molar-refractivity contribution in [1.29, 1.82) is 0 Å². The molecule has 0 amide bonds. The van der Waals surface area contributed by atoms with Gasteiger partial charge in [-0.1, -0.05) is 51.0 Å². The number of ether oxygens (including phenoxy) is 2. The average molecular weight is 578 g/mol. The summed E-state index contributed by atoms with van der Waals surface area (Å²) in [6.07, 6.45) is 1.56. The zero-order chi connectivity index (χ0) is 25.3. The molecule has 1 aliphatic rings. The minimum absolute atomic E-state index is 0.132. The summed E-state index contributed by atoms with van der Waals surface area (Å²) < 4.78 is 13.3. The highest BCUT2D eigenvalue weighted by Gasteiger charge is 2.33. The van der Waals surface area contributed by atoms with Gasteiger partial charge in [-0.15, -0.1) is 0 Å². The Morgan fingerprint density at radius 1 is 1.26 bits per heavy atom. The smallest absolute Gasteiger partial charge is 0.338 e. The number of nitrogens with zero attached hydrogens (tertiary/aromatic N) is 2. The van der Waals surface area contributed by atoms with Gasteiger partial charge in [0, 0.05) is 10.0 Å². The van der Waals surface area contributed by atoms with E-state index < -0.39 is 12.0 Å². The molecule has 0 spiro atoms. The molecule has 0 radical (unpaired) electrons. The lowest BCUT2D eigenvalue weighted by Crippen LogP contribution is -2.39. The first-order valence-electron chi connectivity index (χ1n) is 10.9. The van der Waals surface area contributed by atoms with Gasteiger partial charge in [0.25, 0.3) is 5.56 Å². The van der Waals surface area contributed by atoms with Gasteiger partial charge in [0.15, 0.2) is 4.80 Å². The Morgan fingerprint density at radius 3 is 2.63 bits per heavy atom. The summed E-state index contributed by atoms with van der Waals surface area (Å²) >= 11 is 10.6. The van der Waals surface area contributed by atoms with Crippen molar-refractivity contribution < 1.29 is 19.4 Å². The molecule has 1 aromatic heterocycles. The van der Waals surface area contributed by atoms with Gasteiger partial charge in [-0.3, -0.25) is 9.36 Å². The third kappa shape index (κ3) is 4.94. The topological polar surface area (TPSA) is 90.1 Å². The van der Waals surface area contributed by atoms with E-state index in [2.05, 4.69) is 20.9 Å². The summed E-state index contributed by atoms with van der Waals surface area (Å²) in [5.74, 6) is 0.0227. The van der Waals surface area contributed by atoms with Crippen molar-refractivity contribution in [2.24, 2.45) is 4.99 Å². The van der Waals surface area contributed by atoms with Gasteiger partial charge < -0.3 is 14.6 Å². The van der Waals surface area contributed by atoms with E-state index in [0.29, 0.717) is 48.6 Å². The number of rotatable bonds is 6. The fourth-order valence-electron chi connectivity index (χ4n) is 3.86. The molecular weight excluding hydrogens is 556 g/mol. The Bertz CT molecular complexity index is 1510. The summed E-state index contributed by atoms with van der Waals surface area (Å²) in [5.41, 5.74) is 1.52. The maximum atomic E-state index is 13.6. The zero-order valence-electron chi connectivity index (χ0n) is 19.2. The lowest BCUT2D eigenvalue weighted by atomic mass is 9.96. The van der Waals surface area contributed by atoms with Crippen LogP contribution in [-0.4, -0.2) is 28.9 Å². The molecular formula is C25H22BrClN2O5S. The fraction of sp³-hybridized carbons (Fsp3) is 0.240. The van der Waals surface area contributed by atoms with Gasteiger partial charge in [0.1, 0.15) is 11.5 Å². The predicted octanol–water partition coefficient (Wildman–Crippen LogP) is 4.32. The first kappa shape index (κ1) is 25.2. The number of thiazole rings is 1. The van der Waals surface area contributed by atoms with Crippen LogP contribution in [0, 0.1) is 0 Å². The summed E-state index contributed by atoms with van der Waals surface area (Å²) in [7, 11) is 0. The summed E-state index contributed by atoms with van der Waals surface area (Å²) in [6.45, 7) is 6.07. The molecule has 3 aromatic rings. The molecule has 0 saturated carbocycles. The number of carbonyl (C=O) groups is 1. The molecule has 2 aromatic carbocycles. The van der Waals surface area contributed by atoms with E-state index in [1.807, 2.05) is 19.1 Å². The van der Waals surface area contributed by atoms with Crippen LogP contribution in [0.25, 0.3) is 6.08 Å². The summed E-state index contributed by atoms with van der Waals surface area (Å²) in [4.78, 5) is 31.6. The van der Waals surface area contributed by atoms with E-state index in [9.17, 15) is 14.7 Å². The Labute approximate surface area is 218 Å². The third-order valence-corrected chi connectivity index (χ3v) is 7.10. The van der Waals surface area contributed by atoms with Gasteiger partial charge in [-0.25, -0.2) is 9.79 Å². The molecule has 10 heteroatoms. The Morgan fingerprint density at radius 2 is 1.97 bits per heavy atom. The standard InChI is InChI=1S/C25H22BrClN2O5S/c1-4-33-17-8-6-14(7-9-17)21-20(24(32)34-5-2)13(3)28-25-29(21)23(31)19(35-25)11-15-10-16(26)12-18(27)22(15)30/h6-12,21,30H,4-5H2,1-3H3/b19-11-/t21-/m0/s1. The normalized spacial score (nSPS) is 15.6. The minimum Gasteiger partial charge on any atom is -0.506 e. The molecule has 0 saturated heterocycles. The van der Waals surface area contributed by atoms with E-state index >= 15 is 0 Å². The lowest BCUT2D eigenvalue weighted by Gasteiger charge is -2.24. The SMILES string of the molecule is CCOC(=O)C1=C(C)N=c2s/c(=C\c3cc(Br)cc(Cl)c3O)c(=O)n2[C@H]1c1ccc(OCC)cc1. The highest BCUT2D eigenvalue weighted by atomic mass is 79.9. The Hall–Kier alpha value is -2.88. The van der Waals surface area contributed by atoms with Gasteiger partial charge in [-0.2, -0.15) is 0 Å². The number of hydrogen-bond donors (Lipinski definition) is 1. The molecule has 7 nitrogen and oxygen atoms in total. The van der Waals surface area contributed by atoms with Crippen LogP contribution in [0.4, 0.5) is 0 Å². The number of fused-ring (bicyclic) bond motifs is 1. The van der Waals surface area contributed by atoms with Crippen LogP contribution in [0.1, 0.15) is 37.9 Å². The van der Waals surface area contributed by atoms with Crippen molar-refractivity contribution in [2.45, 2.75) is 26.8 Å². The van der Waals surface area contributed by atoms with E-state index in [0.717, 1.165) is 0 Å². The second-order valence-electron chi connectivity index (χ2n) is 7.63. The number of esters is 1. The van der Waals surface area contributed by atoms with Crippen LogP contribution < -0.4 is 19.6 Å². The van der Waals surface area contributed by atoms with Gasteiger partial charge in [0.2, 0.25) is 0 Å². The van der Waals surface area contributed by atoms with Crippen LogP contribution in [-0.2, 0) is 9.53 Å². The maximum Gasteiger partial charge on any atom is 0.338 e. The Balaban J connectivity index is 1.94. The number of benzene rings is 2. The van der Waals surface area contributed by atoms with E-state index in [-0.39, 0.29) is 22.9 Å². The number of phenolic OH excluding ortho intramolecular Hbond substituents is 1. The van der Waals surface area contributed by atoms with Gasteiger partial charge >= 0.3 is 5.97 Å². The number of aromatic hydroxyl groups is 1. The first-order valence-corrected chi connectivity index (χ1v) is 12.8. The van der Waals surface area contributed by atoms with E-state index in [4.69, 9.17) is 21.1 Å². The molecule has 182 valence electrons. The predicted molar refractivity (Wildman–Crippen MR) is 139 cm³/mol. The molecule has 1 atom stereocenters. The van der Waals surface area contributed by atoms with Crippen molar-refractivity contribution in [2.75, 3.05) is 13.2 Å². The van der Waals surface area contributed by atoms with Crippen LogP contribution in [0.2, 0.25) is 5.02 Å². The number of phenols is 1. The first-order chi connectivity index (χ1) is 16.7. The lowest BCUT2D eigenvalue weighted by molar-refractivity contribution is -0.139. The molecule has 0 fully saturated rings. The van der Waals surface area contributed by atoms with Crippen molar-refractivity contribution in [3.63, 3.8) is 0 Å². The second kappa shape index (κ2) is 10.4. The number of hydrogen-bond acceptors (Lipinski definition) is 7. The molecule has 0 bridgehead atoms. The van der Waals surface area contributed by atoms with Crippen LogP contribution >= 0.6 is 38.9 Å². The fourth-order valence-corrected chi connectivity index (χ4v) is 5.73. The molecule has 2 heterocycles. The molecule has 0 unspecified atom stereocenters. The number of aromatic nitrogens is 1. The highest BCUT2D eigenvalue weighted by Crippen LogP contribution is 2.33. The third-order valence-electron chi connectivity index (χ3n) is 5.37. The Kier molecular flexibility index (Phi) is 7.49. The van der Waals surface area contributed by atoms with Crippen molar-refractivity contribution in [1.82, 2.24) is 4.57 Å². The van der Waals surface area contributed by atoms with Gasteiger partial charge in [0.05, 0.1) is 40.1 Å². The number of carbonyl (C=O) groups excluding carboxylic acids is 1. The molecule has 35 heavy (non-hydrogen) atoms. The quantitative estimate of drug-likeness (QED) is 0.441. The molecule has 1 aliphatic heterocycles. The highest BCUT2D eigenvalue weighted by molar-refractivity contribution is 9.10. The number of allylic oxidation sites excluding steroid dienone is 1. The summed E-state index contributed by atoms with van der Waals surface area (Å²) in [6, 6.07) is 9.75.